The van der Waals surface area contributed by atoms with Crippen molar-refractivity contribution in [3.63, 3.8) is 0 Å². The maximum absolute atomic E-state index is 13.3. The monoisotopic (exact) mass is 367 g/mol. The molecule has 6 heteroatoms. The van der Waals surface area contributed by atoms with Gasteiger partial charge in [-0.1, -0.05) is 0 Å². The van der Waals surface area contributed by atoms with Crippen molar-refractivity contribution < 1.29 is 13.6 Å². The molecule has 1 aliphatic heterocycles. The van der Waals surface area contributed by atoms with Crippen LogP contribution in [0.25, 0.3) is 11.0 Å². The van der Waals surface area contributed by atoms with Crippen LogP contribution in [0.4, 0.5) is 4.39 Å². The Balaban J connectivity index is 1.35. The fourth-order valence-corrected chi connectivity index (χ4v) is 3.67. The summed E-state index contributed by atoms with van der Waals surface area (Å²) in [4.78, 5) is 19.0. The fraction of sp³-hybridized carbons (Fsp3) is 0.333. The van der Waals surface area contributed by atoms with Crippen molar-refractivity contribution in [1.82, 2.24) is 15.2 Å². The van der Waals surface area contributed by atoms with Gasteiger partial charge in [0.2, 0.25) is 0 Å². The molecule has 1 amide bonds. The average molecular weight is 367 g/mol. The number of carbonyl (C=O) groups is 1. The van der Waals surface area contributed by atoms with Gasteiger partial charge >= 0.3 is 0 Å². The number of carbonyl (C=O) groups excluding carboxylic acids is 1. The minimum atomic E-state index is -0.342. The molecule has 140 valence electrons. The number of hydrogen-bond acceptors (Lipinski definition) is 4. The zero-order chi connectivity index (χ0) is 18.8. The lowest BCUT2D eigenvalue weighted by molar-refractivity contribution is 0.0871. The Labute approximate surface area is 157 Å². The number of rotatable bonds is 4. The number of amides is 1. The number of nitrogens with zero attached hydrogens (tertiary/aromatic N) is 2. The van der Waals surface area contributed by atoms with E-state index in [2.05, 4.69) is 22.1 Å². The number of fused-ring (bicyclic) bond motifs is 1. The molecule has 5 nitrogen and oxygen atoms in total. The molecule has 3 heterocycles. The highest BCUT2D eigenvalue weighted by atomic mass is 19.1. The van der Waals surface area contributed by atoms with E-state index in [4.69, 9.17) is 4.42 Å². The molecule has 1 N–H and O–H groups in total. The molecule has 1 fully saturated rings. The van der Waals surface area contributed by atoms with Gasteiger partial charge in [-0.15, -0.1) is 0 Å². The van der Waals surface area contributed by atoms with Gasteiger partial charge in [-0.3, -0.25) is 14.7 Å². The Hall–Kier alpha value is -2.73. The van der Waals surface area contributed by atoms with Gasteiger partial charge in [-0.2, -0.15) is 0 Å². The van der Waals surface area contributed by atoms with Crippen LogP contribution in [0.15, 0.2) is 53.2 Å². The van der Waals surface area contributed by atoms with Gasteiger partial charge in [0, 0.05) is 43.0 Å². The summed E-state index contributed by atoms with van der Waals surface area (Å²) in [6.07, 6.45) is 5.40. The minimum Gasteiger partial charge on any atom is -0.451 e. The number of furan rings is 1. The van der Waals surface area contributed by atoms with E-state index in [9.17, 15) is 9.18 Å². The minimum absolute atomic E-state index is 0.114. The van der Waals surface area contributed by atoms with E-state index in [1.165, 1.54) is 17.7 Å². The van der Waals surface area contributed by atoms with Crippen molar-refractivity contribution in [2.45, 2.75) is 31.8 Å². The molecule has 2 aromatic heterocycles. The summed E-state index contributed by atoms with van der Waals surface area (Å²) in [5.74, 6) is -0.360. The SMILES string of the molecule is C[C@@H](c1ccncc1)N1CCC(NC(=O)c2cc3cc(F)ccc3o2)CC1. The summed E-state index contributed by atoms with van der Waals surface area (Å²) in [6, 6.07) is 10.4. The Kier molecular flexibility index (Phi) is 4.90. The lowest BCUT2D eigenvalue weighted by Crippen LogP contribution is -2.45. The molecule has 4 rings (SSSR count). The summed E-state index contributed by atoms with van der Waals surface area (Å²) in [7, 11) is 0. The zero-order valence-corrected chi connectivity index (χ0v) is 15.2. The van der Waals surface area contributed by atoms with Gasteiger partial charge in [-0.25, -0.2) is 4.39 Å². The molecular formula is C21H22FN3O2. The molecule has 0 spiro atoms. The van der Waals surface area contributed by atoms with Crippen molar-refractivity contribution in [3.8, 4) is 0 Å². The first kappa shape index (κ1) is 17.7. The maximum Gasteiger partial charge on any atom is 0.287 e. The standard InChI is InChI=1S/C21H22FN3O2/c1-14(15-4-8-23-9-5-15)25-10-6-18(7-11-25)24-21(26)20-13-16-12-17(22)2-3-19(16)27-20/h2-5,8-9,12-14,18H,6-7,10-11H2,1H3,(H,24,26)/t14-/m0/s1. The van der Waals surface area contributed by atoms with Gasteiger partial charge in [0.25, 0.3) is 5.91 Å². The number of piperidine rings is 1. The highest BCUT2D eigenvalue weighted by molar-refractivity contribution is 5.96. The third-order valence-electron chi connectivity index (χ3n) is 5.30. The Morgan fingerprint density at radius 2 is 1.96 bits per heavy atom. The number of halogens is 1. The number of benzene rings is 1. The molecule has 0 aliphatic carbocycles. The van der Waals surface area contributed by atoms with E-state index in [1.54, 1.807) is 12.1 Å². The highest BCUT2D eigenvalue weighted by Crippen LogP contribution is 2.24. The number of nitrogens with one attached hydrogen (secondary N) is 1. The number of pyridine rings is 1. The van der Waals surface area contributed by atoms with E-state index in [0.29, 0.717) is 17.0 Å². The van der Waals surface area contributed by atoms with Gasteiger partial charge in [-0.05, 0) is 61.7 Å². The van der Waals surface area contributed by atoms with Crippen LogP contribution >= 0.6 is 0 Å². The average Bonchev–Trinajstić information content (AvgIpc) is 3.12. The summed E-state index contributed by atoms with van der Waals surface area (Å²) >= 11 is 0. The number of aromatic nitrogens is 1. The van der Waals surface area contributed by atoms with E-state index >= 15 is 0 Å². The van der Waals surface area contributed by atoms with Gasteiger partial charge in [0.1, 0.15) is 11.4 Å². The van der Waals surface area contributed by atoms with Crippen molar-refractivity contribution in [2.24, 2.45) is 0 Å². The lowest BCUT2D eigenvalue weighted by Gasteiger charge is -2.36. The van der Waals surface area contributed by atoms with E-state index in [-0.39, 0.29) is 23.5 Å². The van der Waals surface area contributed by atoms with Gasteiger partial charge in [0.15, 0.2) is 5.76 Å². The summed E-state index contributed by atoms with van der Waals surface area (Å²) < 4.78 is 18.8. The fourth-order valence-electron chi connectivity index (χ4n) is 3.67. The van der Waals surface area contributed by atoms with Crippen LogP contribution in [0.1, 0.15) is 41.9 Å². The van der Waals surface area contributed by atoms with Crippen LogP contribution in [-0.2, 0) is 0 Å². The molecular weight excluding hydrogens is 345 g/mol. The topological polar surface area (TPSA) is 58.4 Å². The first-order valence-electron chi connectivity index (χ1n) is 9.24. The third kappa shape index (κ3) is 3.85. The van der Waals surface area contributed by atoms with Crippen molar-refractivity contribution >= 4 is 16.9 Å². The first-order valence-corrected chi connectivity index (χ1v) is 9.24. The van der Waals surface area contributed by atoms with E-state index in [0.717, 1.165) is 25.9 Å². The molecule has 1 aromatic carbocycles. The molecule has 3 aromatic rings. The second-order valence-electron chi connectivity index (χ2n) is 7.03. The molecule has 1 atom stereocenters. The first-order chi connectivity index (χ1) is 13.1. The lowest BCUT2D eigenvalue weighted by atomic mass is 10.0. The molecule has 0 unspecified atom stereocenters. The summed E-state index contributed by atoms with van der Waals surface area (Å²) in [5, 5.41) is 3.65. The molecule has 0 bridgehead atoms. The van der Waals surface area contributed by atoms with Crippen LogP contribution < -0.4 is 5.32 Å². The highest BCUT2D eigenvalue weighted by Gasteiger charge is 2.25. The van der Waals surface area contributed by atoms with Crippen molar-refractivity contribution in [3.05, 3.63) is 65.9 Å². The summed E-state index contributed by atoms with van der Waals surface area (Å²) in [6.45, 7) is 4.03. The van der Waals surface area contributed by atoms with Gasteiger partial charge < -0.3 is 9.73 Å². The van der Waals surface area contributed by atoms with E-state index < -0.39 is 0 Å². The third-order valence-corrected chi connectivity index (χ3v) is 5.30. The largest absolute Gasteiger partial charge is 0.451 e. The van der Waals surface area contributed by atoms with Crippen LogP contribution in [0.3, 0.4) is 0 Å². The Morgan fingerprint density at radius 3 is 2.70 bits per heavy atom. The second-order valence-corrected chi connectivity index (χ2v) is 7.03. The maximum atomic E-state index is 13.3. The molecule has 1 saturated heterocycles. The van der Waals surface area contributed by atoms with E-state index in [1.807, 2.05) is 24.5 Å². The normalized spacial score (nSPS) is 17.1. The van der Waals surface area contributed by atoms with Crippen LogP contribution in [0, 0.1) is 5.82 Å². The summed E-state index contributed by atoms with van der Waals surface area (Å²) in [5.41, 5.74) is 1.77. The molecule has 0 radical (unpaired) electrons. The van der Waals surface area contributed by atoms with Gasteiger partial charge in [0.05, 0.1) is 0 Å². The second kappa shape index (κ2) is 7.48. The van der Waals surface area contributed by atoms with Crippen LogP contribution in [0.5, 0.6) is 0 Å². The van der Waals surface area contributed by atoms with Crippen molar-refractivity contribution in [2.75, 3.05) is 13.1 Å². The van der Waals surface area contributed by atoms with Crippen LogP contribution in [0.2, 0.25) is 0 Å². The van der Waals surface area contributed by atoms with Crippen molar-refractivity contribution in [1.29, 1.82) is 0 Å². The predicted molar refractivity (Wildman–Crippen MR) is 101 cm³/mol. The quantitative estimate of drug-likeness (QED) is 0.759. The molecule has 0 saturated carbocycles. The van der Waals surface area contributed by atoms with Crippen LogP contribution in [-0.4, -0.2) is 34.9 Å². The predicted octanol–water partition coefficient (Wildman–Crippen LogP) is 3.92. The molecule has 27 heavy (non-hydrogen) atoms. The number of hydrogen-bond donors (Lipinski definition) is 1. The number of likely N-dealkylation sites (tertiary alicyclic amines) is 1. The smallest absolute Gasteiger partial charge is 0.287 e. The zero-order valence-electron chi connectivity index (χ0n) is 15.2. The Bertz CT molecular complexity index is 933. The molecule has 1 aliphatic rings. The Morgan fingerprint density at radius 1 is 1.22 bits per heavy atom.